The van der Waals surface area contributed by atoms with E-state index in [0.29, 0.717) is 26.2 Å². The molecule has 6 heteroatoms. The molecule has 0 unspecified atom stereocenters. The van der Waals surface area contributed by atoms with Gasteiger partial charge in [-0.15, -0.1) is 0 Å². The molecular formula is C19H20FNO4. The van der Waals surface area contributed by atoms with Crippen LogP contribution in [0.25, 0.3) is 0 Å². The molecule has 0 bridgehead atoms. The lowest BCUT2D eigenvalue weighted by Crippen LogP contribution is -2.30. The lowest BCUT2D eigenvalue weighted by molar-refractivity contribution is -0.123. The van der Waals surface area contributed by atoms with Crippen LogP contribution in [0.5, 0.6) is 17.2 Å². The van der Waals surface area contributed by atoms with Crippen LogP contribution in [0.4, 0.5) is 4.39 Å². The van der Waals surface area contributed by atoms with Gasteiger partial charge in [0.05, 0.1) is 0 Å². The van der Waals surface area contributed by atoms with Gasteiger partial charge in [0, 0.05) is 6.54 Å². The molecule has 0 atom stereocenters. The Bertz CT molecular complexity index is 763. The minimum absolute atomic E-state index is 0.0698. The van der Waals surface area contributed by atoms with E-state index in [0.717, 1.165) is 22.6 Å². The van der Waals surface area contributed by atoms with Crippen LogP contribution in [0.1, 0.15) is 11.1 Å². The highest BCUT2D eigenvalue weighted by Gasteiger charge is 2.14. The molecule has 1 heterocycles. The van der Waals surface area contributed by atoms with Crippen LogP contribution in [0.15, 0.2) is 36.4 Å². The van der Waals surface area contributed by atoms with Crippen LogP contribution in [0.3, 0.4) is 0 Å². The predicted octanol–water partition coefficient (Wildman–Crippen LogP) is 2.64. The average Bonchev–Trinajstić information content (AvgIpc) is 2.61. The van der Waals surface area contributed by atoms with Crippen LogP contribution in [0, 0.1) is 12.7 Å². The van der Waals surface area contributed by atoms with E-state index in [-0.39, 0.29) is 18.3 Å². The second-order valence-corrected chi connectivity index (χ2v) is 5.74. The number of ether oxygens (including phenoxy) is 3. The second-order valence-electron chi connectivity index (χ2n) is 5.74. The van der Waals surface area contributed by atoms with E-state index in [1.54, 1.807) is 12.1 Å². The number of amides is 1. The van der Waals surface area contributed by atoms with Crippen molar-refractivity contribution in [3.63, 3.8) is 0 Å². The van der Waals surface area contributed by atoms with E-state index in [2.05, 4.69) is 5.32 Å². The minimum atomic E-state index is -0.484. The molecule has 2 aromatic carbocycles. The van der Waals surface area contributed by atoms with Gasteiger partial charge in [0.15, 0.2) is 29.7 Å². The maximum atomic E-state index is 13.4. The van der Waals surface area contributed by atoms with Gasteiger partial charge in [-0.3, -0.25) is 4.79 Å². The molecule has 25 heavy (non-hydrogen) atoms. The summed E-state index contributed by atoms with van der Waals surface area (Å²) in [6.07, 6.45) is 0.661. The molecule has 1 N–H and O–H groups in total. The zero-order chi connectivity index (χ0) is 17.6. The summed E-state index contributed by atoms with van der Waals surface area (Å²) in [7, 11) is 0. The number of para-hydroxylation sites is 1. The zero-order valence-corrected chi connectivity index (χ0v) is 14.0. The first-order valence-electron chi connectivity index (χ1n) is 8.16. The third kappa shape index (κ3) is 4.41. The monoisotopic (exact) mass is 345 g/mol. The minimum Gasteiger partial charge on any atom is -0.486 e. The molecule has 0 aliphatic carbocycles. The molecule has 0 saturated heterocycles. The van der Waals surface area contributed by atoms with Crippen LogP contribution in [0.2, 0.25) is 0 Å². The van der Waals surface area contributed by atoms with Gasteiger partial charge in [0.1, 0.15) is 13.2 Å². The van der Waals surface area contributed by atoms with Gasteiger partial charge < -0.3 is 19.5 Å². The Morgan fingerprint density at radius 1 is 1.20 bits per heavy atom. The van der Waals surface area contributed by atoms with Crippen molar-refractivity contribution < 1.29 is 23.4 Å². The summed E-state index contributed by atoms with van der Waals surface area (Å²) >= 11 is 0. The zero-order valence-electron chi connectivity index (χ0n) is 14.0. The molecule has 1 amide bonds. The van der Waals surface area contributed by atoms with E-state index in [4.69, 9.17) is 14.2 Å². The number of aryl methyl sites for hydroxylation is 1. The third-order valence-electron chi connectivity index (χ3n) is 3.91. The molecule has 132 valence electrons. The third-order valence-corrected chi connectivity index (χ3v) is 3.91. The lowest BCUT2D eigenvalue weighted by Gasteiger charge is -2.20. The molecule has 1 aliphatic rings. The molecule has 2 aromatic rings. The summed E-state index contributed by atoms with van der Waals surface area (Å²) in [4.78, 5) is 11.8. The summed E-state index contributed by atoms with van der Waals surface area (Å²) in [5.41, 5.74) is 2.17. The largest absolute Gasteiger partial charge is 0.486 e. The number of hydrogen-bond acceptors (Lipinski definition) is 4. The van der Waals surface area contributed by atoms with E-state index in [1.165, 1.54) is 12.1 Å². The first kappa shape index (κ1) is 17.1. The summed E-state index contributed by atoms with van der Waals surface area (Å²) < 4.78 is 29.7. The number of rotatable bonds is 6. The first-order valence-corrected chi connectivity index (χ1v) is 8.16. The highest BCUT2D eigenvalue weighted by Crippen LogP contribution is 2.33. The molecule has 3 rings (SSSR count). The number of carbonyl (C=O) groups is 1. The summed E-state index contributed by atoms with van der Waals surface area (Å²) in [5, 5.41) is 2.77. The van der Waals surface area contributed by atoms with Crippen molar-refractivity contribution in [2.75, 3.05) is 26.4 Å². The van der Waals surface area contributed by atoms with Crippen molar-refractivity contribution in [2.45, 2.75) is 13.3 Å². The Morgan fingerprint density at radius 3 is 2.68 bits per heavy atom. The fourth-order valence-corrected chi connectivity index (χ4v) is 2.59. The van der Waals surface area contributed by atoms with E-state index >= 15 is 0 Å². The van der Waals surface area contributed by atoms with E-state index in [1.807, 2.05) is 19.1 Å². The van der Waals surface area contributed by atoms with Gasteiger partial charge in [0.25, 0.3) is 5.91 Å². The van der Waals surface area contributed by atoms with E-state index < -0.39 is 5.82 Å². The number of halogens is 1. The van der Waals surface area contributed by atoms with E-state index in [9.17, 15) is 9.18 Å². The standard InChI is InChI=1S/C19H20FNO4/c1-13-10-17-18(24-9-8-23-17)11-14(13)6-7-21-19(22)12-25-16-5-3-2-4-15(16)20/h2-5,10-11H,6-9,12H2,1H3,(H,21,22). The Labute approximate surface area is 145 Å². The number of benzene rings is 2. The smallest absolute Gasteiger partial charge is 0.257 e. The molecule has 0 fully saturated rings. The summed E-state index contributed by atoms with van der Waals surface area (Å²) in [6, 6.07) is 9.90. The van der Waals surface area contributed by atoms with Gasteiger partial charge in [0.2, 0.25) is 0 Å². The van der Waals surface area contributed by atoms with Crippen molar-refractivity contribution >= 4 is 5.91 Å². The molecular weight excluding hydrogens is 325 g/mol. The van der Waals surface area contributed by atoms with Crippen LogP contribution < -0.4 is 19.5 Å². The lowest BCUT2D eigenvalue weighted by atomic mass is 10.0. The average molecular weight is 345 g/mol. The maximum Gasteiger partial charge on any atom is 0.257 e. The maximum absolute atomic E-state index is 13.4. The van der Waals surface area contributed by atoms with Crippen molar-refractivity contribution in [1.82, 2.24) is 5.32 Å². The predicted molar refractivity (Wildman–Crippen MR) is 90.8 cm³/mol. The molecule has 0 aromatic heterocycles. The molecule has 0 radical (unpaired) electrons. The number of hydrogen-bond donors (Lipinski definition) is 1. The quantitative estimate of drug-likeness (QED) is 0.874. The van der Waals surface area contributed by atoms with Gasteiger partial charge >= 0.3 is 0 Å². The van der Waals surface area contributed by atoms with Crippen molar-refractivity contribution in [3.05, 3.63) is 53.3 Å². The van der Waals surface area contributed by atoms with Crippen molar-refractivity contribution in [3.8, 4) is 17.2 Å². The summed E-state index contributed by atoms with van der Waals surface area (Å²) in [5.74, 6) is 0.789. The first-order chi connectivity index (χ1) is 12.1. The fourth-order valence-electron chi connectivity index (χ4n) is 2.59. The number of carbonyl (C=O) groups excluding carboxylic acids is 1. The molecule has 0 saturated carbocycles. The second kappa shape index (κ2) is 7.88. The normalized spacial score (nSPS) is 12.6. The summed E-state index contributed by atoms with van der Waals surface area (Å²) in [6.45, 7) is 3.33. The number of fused-ring (bicyclic) bond motifs is 1. The Balaban J connectivity index is 1.48. The molecule has 1 aliphatic heterocycles. The topological polar surface area (TPSA) is 56.8 Å². The van der Waals surface area contributed by atoms with Crippen LogP contribution in [-0.2, 0) is 11.2 Å². The highest BCUT2D eigenvalue weighted by molar-refractivity contribution is 5.77. The molecule has 5 nitrogen and oxygen atoms in total. The number of nitrogens with one attached hydrogen (secondary N) is 1. The molecule has 0 spiro atoms. The Hall–Kier alpha value is -2.76. The highest BCUT2D eigenvalue weighted by atomic mass is 19.1. The Morgan fingerprint density at radius 2 is 1.92 bits per heavy atom. The van der Waals surface area contributed by atoms with Crippen LogP contribution >= 0.6 is 0 Å². The SMILES string of the molecule is Cc1cc2c(cc1CCNC(=O)COc1ccccc1F)OCCO2. The van der Waals surface area contributed by atoms with Gasteiger partial charge in [-0.1, -0.05) is 12.1 Å². The Kier molecular flexibility index (Phi) is 5.38. The van der Waals surface area contributed by atoms with Gasteiger partial charge in [-0.25, -0.2) is 4.39 Å². The van der Waals surface area contributed by atoms with Crippen molar-refractivity contribution in [1.29, 1.82) is 0 Å². The van der Waals surface area contributed by atoms with Gasteiger partial charge in [-0.2, -0.15) is 0 Å². The van der Waals surface area contributed by atoms with Crippen LogP contribution in [-0.4, -0.2) is 32.3 Å². The van der Waals surface area contributed by atoms with Crippen molar-refractivity contribution in [2.24, 2.45) is 0 Å². The fraction of sp³-hybridized carbons (Fsp3) is 0.316. The van der Waals surface area contributed by atoms with Gasteiger partial charge in [-0.05, 0) is 48.7 Å².